The minimum atomic E-state index is -0.903. The summed E-state index contributed by atoms with van der Waals surface area (Å²) in [7, 11) is 0. The van der Waals surface area contributed by atoms with Crippen LogP contribution in [0.15, 0.2) is 85.1 Å². The molecule has 0 aliphatic heterocycles. The van der Waals surface area contributed by atoms with E-state index >= 15 is 0 Å². The minimum Gasteiger partial charge on any atom is -0.279 e. The number of hydrogen-bond acceptors (Lipinski definition) is 5. The Kier molecular flexibility index (Phi) is 9.05. The van der Waals surface area contributed by atoms with Gasteiger partial charge >= 0.3 is 0 Å². The molecule has 0 saturated heterocycles. The third kappa shape index (κ3) is 6.69. The number of rotatable bonds is 10. The van der Waals surface area contributed by atoms with Crippen molar-refractivity contribution in [3.63, 3.8) is 0 Å². The van der Waals surface area contributed by atoms with Crippen molar-refractivity contribution in [1.29, 1.82) is 0 Å². The van der Waals surface area contributed by atoms with Gasteiger partial charge in [-0.15, -0.1) is 0 Å². The number of aromatic nitrogens is 5. The summed E-state index contributed by atoms with van der Waals surface area (Å²) < 4.78 is 29.9. The predicted molar refractivity (Wildman–Crippen MR) is 171 cm³/mol. The molecule has 6 nitrogen and oxygen atoms in total. The number of aryl methyl sites for hydroxylation is 1. The maximum absolute atomic E-state index is 14.7. The van der Waals surface area contributed by atoms with E-state index in [0.29, 0.717) is 29.1 Å². The van der Waals surface area contributed by atoms with Crippen molar-refractivity contribution >= 4 is 17.3 Å². The largest absolute Gasteiger partial charge is 0.279 e. The molecule has 226 valence electrons. The zero-order valence-electron chi connectivity index (χ0n) is 25.3. The van der Waals surface area contributed by atoms with Crippen molar-refractivity contribution in [2.24, 2.45) is 5.92 Å². The van der Waals surface area contributed by atoms with Crippen molar-refractivity contribution in [3.05, 3.63) is 108 Å². The summed E-state index contributed by atoms with van der Waals surface area (Å²) in [4.78, 5) is 15.1. The van der Waals surface area contributed by atoms with E-state index in [1.807, 2.05) is 54.4 Å². The molecule has 8 heteroatoms. The molecule has 1 fully saturated rings. The van der Waals surface area contributed by atoms with E-state index in [2.05, 4.69) is 41.3 Å². The van der Waals surface area contributed by atoms with Gasteiger partial charge in [-0.1, -0.05) is 56.9 Å². The zero-order chi connectivity index (χ0) is 30.5. The van der Waals surface area contributed by atoms with Crippen molar-refractivity contribution in [2.75, 3.05) is 4.90 Å². The van der Waals surface area contributed by atoms with Crippen LogP contribution in [0.2, 0.25) is 0 Å². The minimum absolute atomic E-state index is 0.127. The first-order valence-electron chi connectivity index (χ1n) is 15.7. The Hall–Kier alpha value is -4.46. The lowest BCUT2D eigenvalue weighted by Crippen LogP contribution is -2.15. The summed E-state index contributed by atoms with van der Waals surface area (Å²) in [6.45, 7) is 4.20. The Labute approximate surface area is 257 Å². The lowest BCUT2D eigenvalue weighted by atomic mass is 9.77. The lowest BCUT2D eigenvalue weighted by Gasteiger charge is -2.29. The maximum Gasteiger partial charge on any atom is 0.224 e. The van der Waals surface area contributed by atoms with Crippen LogP contribution in [0.1, 0.15) is 75.5 Å². The number of unbranched alkanes of at least 4 members (excludes halogenated alkanes) is 2. The molecular weight excluding hydrogens is 554 g/mol. The van der Waals surface area contributed by atoms with E-state index in [1.165, 1.54) is 63.0 Å². The molecule has 0 N–H and O–H groups in total. The van der Waals surface area contributed by atoms with Gasteiger partial charge in [-0.05, 0) is 105 Å². The number of pyridine rings is 3. The van der Waals surface area contributed by atoms with Crippen LogP contribution in [-0.2, 0) is 0 Å². The highest BCUT2D eigenvalue weighted by Gasteiger charge is 2.23. The molecule has 6 rings (SSSR count). The van der Waals surface area contributed by atoms with Crippen LogP contribution in [0.5, 0.6) is 0 Å². The van der Waals surface area contributed by atoms with E-state index in [0.717, 1.165) is 23.4 Å². The summed E-state index contributed by atoms with van der Waals surface area (Å²) in [5.41, 5.74) is 3.61. The molecule has 4 aromatic heterocycles. The standard InChI is InChI=1S/C36H38F2N6/c1-3-4-5-8-26-13-15-27(16-14-26)28-17-19-29(20-18-28)44(35-12-7-10-33(41-35)43-24-23-25(2)42-43)34-11-6-9-31(39-34)30-21-22-32(37)40-36(30)38/h6-7,9-12,17-24,26-27H,3-5,8,13-16H2,1-2H3. The topological polar surface area (TPSA) is 59.7 Å². The first kappa shape index (κ1) is 29.6. The Morgan fingerprint density at radius 3 is 2.25 bits per heavy atom. The zero-order valence-corrected chi connectivity index (χ0v) is 25.3. The van der Waals surface area contributed by atoms with Crippen LogP contribution in [-0.4, -0.2) is 24.7 Å². The van der Waals surface area contributed by atoms with Gasteiger partial charge in [0.05, 0.1) is 17.0 Å². The monoisotopic (exact) mass is 592 g/mol. The maximum atomic E-state index is 14.7. The fourth-order valence-electron chi connectivity index (χ4n) is 6.25. The second kappa shape index (κ2) is 13.5. The van der Waals surface area contributed by atoms with Crippen molar-refractivity contribution < 1.29 is 8.78 Å². The van der Waals surface area contributed by atoms with Crippen LogP contribution in [0.3, 0.4) is 0 Å². The second-order valence-corrected chi connectivity index (χ2v) is 11.7. The number of hydrogen-bond donors (Lipinski definition) is 0. The van der Waals surface area contributed by atoms with Crippen LogP contribution >= 0.6 is 0 Å². The number of halogens is 2. The van der Waals surface area contributed by atoms with Crippen LogP contribution in [0.25, 0.3) is 17.1 Å². The molecule has 0 atom stereocenters. The van der Waals surface area contributed by atoms with E-state index in [4.69, 9.17) is 9.97 Å². The smallest absolute Gasteiger partial charge is 0.224 e. The van der Waals surface area contributed by atoms with E-state index < -0.39 is 11.9 Å². The second-order valence-electron chi connectivity index (χ2n) is 11.7. The fraction of sp³-hybridized carbons (Fsp3) is 0.333. The van der Waals surface area contributed by atoms with Crippen LogP contribution < -0.4 is 4.90 Å². The number of benzene rings is 1. The third-order valence-electron chi connectivity index (χ3n) is 8.65. The highest BCUT2D eigenvalue weighted by molar-refractivity contribution is 5.74. The lowest BCUT2D eigenvalue weighted by molar-refractivity contribution is 0.303. The van der Waals surface area contributed by atoms with Crippen molar-refractivity contribution in [3.8, 4) is 17.1 Å². The Morgan fingerprint density at radius 1 is 0.795 bits per heavy atom. The summed E-state index contributed by atoms with van der Waals surface area (Å²) in [6, 6.07) is 24.2. The molecule has 0 radical (unpaired) electrons. The molecule has 0 amide bonds. The SMILES string of the molecule is CCCCCC1CCC(c2ccc(N(c3cccc(-c4ccc(F)nc4F)n3)c3cccc(-n4ccc(C)n4)n3)cc2)CC1. The highest BCUT2D eigenvalue weighted by atomic mass is 19.1. The van der Waals surface area contributed by atoms with Gasteiger partial charge in [-0.2, -0.15) is 18.9 Å². The van der Waals surface area contributed by atoms with Crippen molar-refractivity contribution in [1.82, 2.24) is 24.7 Å². The molecule has 0 unspecified atom stereocenters. The van der Waals surface area contributed by atoms with E-state index in [9.17, 15) is 8.78 Å². The molecule has 0 bridgehead atoms. The number of nitrogens with zero attached hydrogens (tertiary/aromatic N) is 6. The molecule has 1 saturated carbocycles. The third-order valence-corrected chi connectivity index (χ3v) is 8.65. The number of anilines is 3. The van der Waals surface area contributed by atoms with E-state index in [1.54, 1.807) is 10.7 Å². The van der Waals surface area contributed by atoms with Crippen LogP contribution in [0.4, 0.5) is 26.1 Å². The molecule has 4 heterocycles. The summed E-state index contributed by atoms with van der Waals surface area (Å²) in [6.07, 6.45) is 12.3. The quantitative estimate of drug-likeness (QED) is 0.119. The van der Waals surface area contributed by atoms with Gasteiger partial charge in [0.1, 0.15) is 11.6 Å². The molecule has 1 aromatic carbocycles. The van der Waals surface area contributed by atoms with Gasteiger partial charge in [0.15, 0.2) is 5.82 Å². The first-order chi connectivity index (χ1) is 21.5. The summed E-state index contributed by atoms with van der Waals surface area (Å²) >= 11 is 0. The predicted octanol–water partition coefficient (Wildman–Crippen LogP) is 9.63. The molecule has 44 heavy (non-hydrogen) atoms. The molecule has 5 aromatic rings. The van der Waals surface area contributed by atoms with Gasteiger partial charge in [0.25, 0.3) is 0 Å². The van der Waals surface area contributed by atoms with Gasteiger partial charge in [0.2, 0.25) is 11.9 Å². The molecule has 1 aliphatic rings. The van der Waals surface area contributed by atoms with Gasteiger partial charge in [-0.25, -0.2) is 14.6 Å². The Bertz CT molecular complexity index is 1690. The Morgan fingerprint density at radius 2 is 1.55 bits per heavy atom. The van der Waals surface area contributed by atoms with Gasteiger partial charge in [0, 0.05) is 11.9 Å². The Balaban J connectivity index is 1.32. The summed E-state index contributed by atoms with van der Waals surface area (Å²) in [5.74, 6) is 1.51. The average Bonchev–Trinajstić information content (AvgIpc) is 3.49. The summed E-state index contributed by atoms with van der Waals surface area (Å²) in [5, 5.41) is 4.53. The average molecular weight is 593 g/mol. The fourth-order valence-corrected chi connectivity index (χ4v) is 6.25. The highest BCUT2D eigenvalue weighted by Crippen LogP contribution is 2.40. The normalized spacial score (nSPS) is 16.6. The van der Waals surface area contributed by atoms with Gasteiger partial charge in [-0.3, -0.25) is 4.90 Å². The van der Waals surface area contributed by atoms with Crippen molar-refractivity contribution in [2.45, 2.75) is 71.1 Å². The van der Waals surface area contributed by atoms with Gasteiger partial charge < -0.3 is 0 Å². The van der Waals surface area contributed by atoms with E-state index in [-0.39, 0.29) is 5.56 Å². The molecular formula is C36H38F2N6. The molecule has 0 spiro atoms. The molecule has 1 aliphatic carbocycles. The van der Waals surface area contributed by atoms with Crippen LogP contribution in [0, 0.1) is 24.7 Å². The first-order valence-corrected chi connectivity index (χ1v) is 15.7.